The molecule has 0 aliphatic carbocycles. The SMILES string of the molecule is Cn1nnnc1SCCCNCc1cccc(OCc2ccc(F)cc2Cl)c1. The van der Waals surface area contributed by atoms with E-state index in [1.54, 1.807) is 22.5 Å². The zero-order valence-corrected chi connectivity index (χ0v) is 17.0. The molecule has 1 heterocycles. The Morgan fingerprint density at radius 3 is 2.93 bits per heavy atom. The number of aromatic nitrogens is 4. The Hall–Kier alpha value is -2.16. The van der Waals surface area contributed by atoms with Crippen molar-refractivity contribution in [1.82, 2.24) is 25.5 Å². The van der Waals surface area contributed by atoms with Crippen molar-refractivity contribution in [3.05, 3.63) is 64.4 Å². The Labute approximate surface area is 172 Å². The molecule has 1 N–H and O–H groups in total. The number of ether oxygens (including phenoxy) is 1. The van der Waals surface area contributed by atoms with Gasteiger partial charge in [-0.05, 0) is 53.2 Å². The first-order valence-electron chi connectivity index (χ1n) is 8.83. The summed E-state index contributed by atoms with van der Waals surface area (Å²) in [7, 11) is 1.83. The second-order valence-electron chi connectivity index (χ2n) is 6.14. The molecule has 148 valence electrons. The fourth-order valence-electron chi connectivity index (χ4n) is 2.48. The molecular weight excluding hydrogens is 401 g/mol. The lowest BCUT2D eigenvalue weighted by atomic mass is 10.2. The second kappa shape index (κ2) is 10.4. The molecule has 28 heavy (non-hydrogen) atoms. The minimum absolute atomic E-state index is 0.296. The number of tetrazole rings is 1. The van der Waals surface area contributed by atoms with Crippen molar-refractivity contribution in [2.24, 2.45) is 7.05 Å². The van der Waals surface area contributed by atoms with Gasteiger partial charge in [0, 0.05) is 24.9 Å². The molecule has 0 saturated heterocycles. The molecule has 2 aromatic carbocycles. The average Bonchev–Trinajstić information content (AvgIpc) is 3.09. The third kappa shape index (κ3) is 6.19. The number of hydrogen-bond donors (Lipinski definition) is 1. The molecule has 3 aromatic rings. The highest BCUT2D eigenvalue weighted by molar-refractivity contribution is 7.99. The van der Waals surface area contributed by atoms with Crippen LogP contribution in [0.1, 0.15) is 17.5 Å². The molecule has 6 nitrogen and oxygen atoms in total. The molecule has 0 amide bonds. The van der Waals surface area contributed by atoms with E-state index in [-0.39, 0.29) is 5.82 Å². The fourth-order valence-corrected chi connectivity index (χ4v) is 3.49. The molecule has 0 spiro atoms. The number of nitrogens with one attached hydrogen (secondary N) is 1. The Morgan fingerprint density at radius 2 is 2.14 bits per heavy atom. The molecular formula is C19H21ClFN5OS. The van der Waals surface area contributed by atoms with Gasteiger partial charge < -0.3 is 10.1 Å². The number of hydrogen-bond acceptors (Lipinski definition) is 6. The van der Waals surface area contributed by atoms with Gasteiger partial charge >= 0.3 is 0 Å². The van der Waals surface area contributed by atoms with Crippen molar-refractivity contribution in [3.63, 3.8) is 0 Å². The Bertz CT molecular complexity index is 908. The summed E-state index contributed by atoms with van der Waals surface area (Å²) in [6.07, 6.45) is 1.01. The van der Waals surface area contributed by atoms with Gasteiger partial charge in [0.1, 0.15) is 18.2 Å². The lowest BCUT2D eigenvalue weighted by Crippen LogP contribution is -2.15. The zero-order valence-electron chi connectivity index (χ0n) is 15.4. The van der Waals surface area contributed by atoms with Gasteiger partial charge in [0.25, 0.3) is 0 Å². The molecule has 3 rings (SSSR count). The topological polar surface area (TPSA) is 64.9 Å². The number of nitrogens with zero attached hydrogens (tertiary/aromatic N) is 4. The highest BCUT2D eigenvalue weighted by Crippen LogP contribution is 2.20. The van der Waals surface area contributed by atoms with Crippen molar-refractivity contribution in [2.75, 3.05) is 12.3 Å². The minimum Gasteiger partial charge on any atom is -0.489 e. The molecule has 0 atom stereocenters. The third-order valence-corrected chi connectivity index (χ3v) is 5.40. The minimum atomic E-state index is -0.353. The van der Waals surface area contributed by atoms with E-state index in [0.29, 0.717) is 11.6 Å². The van der Waals surface area contributed by atoms with E-state index in [4.69, 9.17) is 16.3 Å². The van der Waals surface area contributed by atoms with Gasteiger partial charge in [-0.3, -0.25) is 0 Å². The maximum absolute atomic E-state index is 13.1. The number of halogens is 2. The van der Waals surface area contributed by atoms with Crippen LogP contribution in [0.4, 0.5) is 4.39 Å². The summed E-state index contributed by atoms with van der Waals surface area (Å²) in [4.78, 5) is 0. The molecule has 0 aliphatic rings. The van der Waals surface area contributed by atoms with Crippen molar-refractivity contribution in [2.45, 2.75) is 24.7 Å². The monoisotopic (exact) mass is 421 g/mol. The third-order valence-electron chi connectivity index (χ3n) is 3.95. The van der Waals surface area contributed by atoms with E-state index < -0.39 is 0 Å². The average molecular weight is 422 g/mol. The first-order chi connectivity index (χ1) is 13.6. The van der Waals surface area contributed by atoms with Gasteiger partial charge in [-0.15, -0.1) is 5.10 Å². The highest BCUT2D eigenvalue weighted by atomic mass is 35.5. The van der Waals surface area contributed by atoms with Crippen molar-refractivity contribution < 1.29 is 9.13 Å². The molecule has 1 aromatic heterocycles. The predicted octanol–water partition coefficient (Wildman–Crippen LogP) is 3.85. The molecule has 0 aliphatic heterocycles. The first kappa shape index (κ1) is 20.6. The number of thioether (sulfide) groups is 1. The van der Waals surface area contributed by atoms with Crippen LogP contribution in [0, 0.1) is 5.82 Å². The molecule has 0 bridgehead atoms. The van der Waals surface area contributed by atoms with Gasteiger partial charge in [0.2, 0.25) is 5.16 Å². The van der Waals surface area contributed by atoms with Gasteiger partial charge in [0.05, 0.1) is 5.02 Å². The van der Waals surface area contributed by atoms with Crippen LogP contribution < -0.4 is 10.1 Å². The normalized spacial score (nSPS) is 11.0. The van der Waals surface area contributed by atoms with Crippen LogP contribution in [0.15, 0.2) is 47.6 Å². The van der Waals surface area contributed by atoms with Gasteiger partial charge in [0.15, 0.2) is 0 Å². The van der Waals surface area contributed by atoms with E-state index in [9.17, 15) is 4.39 Å². The van der Waals surface area contributed by atoms with Crippen LogP contribution in [0.2, 0.25) is 5.02 Å². The Morgan fingerprint density at radius 1 is 1.25 bits per heavy atom. The lowest BCUT2D eigenvalue weighted by Gasteiger charge is -2.10. The maximum atomic E-state index is 13.1. The summed E-state index contributed by atoms with van der Waals surface area (Å²) in [5.41, 5.74) is 1.88. The fraction of sp³-hybridized carbons (Fsp3) is 0.316. The van der Waals surface area contributed by atoms with Crippen LogP contribution in [0.5, 0.6) is 5.75 Å². The van der Waals surface area contributed by atoms with Crippen LogP contribution in [-0.2, 0) is 20.2 Å². The standard InChI is InChI=1S/C19H21ClFN5OS/c1-26-19(23-24-25-26)28-9-3-8-22-12-14-4-2-5-17(10-14)27-13-15-6-7-16(21)11-18(15)20/h2,4-7,10-11,22H,3,8-9,12-13H2,1H3. The Kier molecular flexibility index (Phi) is 7.64. The van der Waals surface area contributed by atoms with Gasteiger partial charge in [-0.1, -0.05) is 41.6 Å². The van der Waals surface area contributed by atoms with E-state index in [2.05, 4.69) is 20.8 Å². The Balaban J connectivity index is 1.39. The molecule has 0 saturated carbocycles. The summed E-state index contributed by atoms with van der Waals surface area (Å²) >= 11 is 7.68. The quantitative estimate of drug-likeness (QED) is 0.396. The van der Waals surface area contributed by atoms with Crippen molar-refractivity contribution >= 4 is 23.4 Å². The summed E-state index contributed by atoms with van der Waals surface area (Å²) in [5.74, 6) is 1.35. The van der Waals surface area contributed by atoms with Crippen molar-refractivity contribution in [1.29, 1.82) is 0 Å². The summed E-state index contributed by atoms with van der Waals surface area (Å²) in [6.45, 7) is 1.95. The second-order valence-corrected chi connectivity index (χ2v) is 7.60. The summed E-state index contributed by atoms with van der Waals surface area (Å²) < 4.78 is 20.6. The maximum Gasteiger partial charge on any atom is 0.209 e. The lowest BCUT2D eigenvalue weighted by molar-refractivity contribution is 0.306. The van der Waals surface area contributed by atoms with Crippen LogP contribution >= 0.6 is 23.4 Å². The van der Waals surface area contributed by atoms with E-state index in [1.165, 1.54) is 12.1 Å². The molecule has 0 radical (unpaired) electrons. The van der Waals surface area contributed by atoms with Crippen LogP contribution in [-0.4, -0.2) is 32.5 Å². The van der Waals surface area contributed by atoms with E-state index in [1.807, 2.05) is 31.3 Å². The van der Waals surface area contributed by atoms with E-state index in [0.717, 1.165) is 47.3 Å². The number of rotatable bonds is 10. The van der Waals surface area contributed by atoms with Crippen LogP contribution in [0.3, 0.4) is 0 Å². The smallest absolute Gasteiger partial charge is 0.209 e. The molecule has 0 fully saturated rings. The molecule has 9 heteroatoms. The van der Waals surface area contributed by atoms with Gasteiger partial charge in [-0.25, -0.2) is 9.07 Å². The summed E-state index contributed by atoms with van der Waals surface area (Å²) in [6, 6.07) is 12.2. The zero-order chi connectivity index (χ0) is 19.8. The first-order valence-corrected chi connectivity index (χ1v) is 10.2. The van der Waals surface area contributed by atoms with Gasteiger partial charge in [-0.2, -0.15) is 0 Å². The molecule has 0 unspecified atom stereocenters. The number of aryl methyl sites for hydroxylation is 1. The van der Waals surface area contributed by atoms with Crippen molar-refractivity contribution in [3.8, 4) is 5.75 Å². The van der Waals surface area contributed by atoms with E-state index >= 15 is 0 Å². The summed E-state index contributed by atoms with van der Waals surface area (Å²) in [5, 5.41) is 16.0. The predicted molar refractivity (Wildman–Crippen MR) is 108 cm³/mol. The van der Waals surface area contributed by atoms with Crippen LogP contribution in [0.25, 0.3) is 0 Å². The highest BCUT2D eigenvalue weighted by Gasteiger charge is 2.04. The number of benzene rings is 2. The largest absolute Gasteiger partial charge is 0.489 e.